The van der Waals surface area contributed by atoms with Crippen LogP contribution in [0, 0.1) is 0 Å². The van der Waals surface area contributed by atoms with E-state index in [4.69, 9.17) is 11.6 Å². The number of halogens is 1. The van der Waals surface area contributed by atoms with E-state index in [9.17, 15) is 0 Å². The lowest BCUT2D eigenvalue weighted by Crippen LogP contribution is -2.04. The average Bonchev–Trinajstić information content (AvgIpc) is 2.25. The van der Waals surface area contributed by atoms with Crippen molar-refractivity contribution in [2.24, 2.45) is 0 Å². The van der Waals surface area contributed by atoms with E-state index in [1.54, 1.807) is 12.4 Å². The number of anilines is 1. The number of alkyl halides is 1. The van der Waals surface area contributed by atoms with Crippen molar-refractivity contribution in [2.45, 2.75) is 25.7 Å². The first-order valence-electron chi connectivity index (χ1n) is 5.00. The van der Waals surface area contributed by atoms with E-state index in [1.807, 2.05) is 6.07 Å². The van der Waals surface area contributed by atoms with Crippen molar-refractivity contribution in [3.63, 3.8) is 0 Å². The van der Waals surface area contributed by atoms with Crippen molar-refractivity contribution < 1.29 is 0 Å². The molecule has 0 unspecified atom stereocenters. The number of rotatable bonds is 7. The number of nitrogens with zero attached hydrogens (tertiary/aromatic N) is 2. The molecule has 1 N–H and O–H groups in total. The normalized spacial score (nSPS) is 10.1. The molecule has 0 aliphatic carbocycles. The largest absolute Gasteiger partial charge is 0.354 e. The molecule has 0 amide bonds. The average molecular weight is 214 g/mol. The zero-order valence-corrected chi connectivity index (χ0v) is 9.00. The molecule has 1 heterocycles. The summed E-state index contributed by atoms with van der Waals surface area (Å²) in [4.78, 5) is 8.14. The number of hydrogen-bond donors (Lipinski definition) is 1. The topological polar surface area (TPSA) is 37.8 Å². The molecule has 0 atom stereocenters. The lowest BCUT2D eigenvalue weighted by molar-refractivity contribution is 0.686. The molecule has 0 aromatic carbocycles. The van der Waals surface area contributed by atoms with Crippen LogP contribution < -0.4 is 5.32 Å². The van der Waals surface area contributed by atoms with Crippen molar-refractivity contribution >= 4 is 17.5 Å². The first-order chi connectivity index (χ1) is 6.93. The molecule has 0 radical (unpaired) electrons. The van der Waals surface area contributed by atoms with Crippen LogP contribution in [-0.2, 0) is 0 Å². The minimum absolute atomic E-state index is 0.713. The predicted molar refractivity (Wildman–Crippen MR) is 59.7 cm³/mol. The lowest BCUT2D eigenvalue weighted by Gasteiger charge is -2.02. The van der Waals surface area contributed by atoms with Gasteiger partial charge in [-0.1, -0.05) is 12.8 Å². The third kappa shape index (κ3) is 5.02. The molecule has 0 aliphatic rings. The third-order valence-electron chi connectivity index (χ3n) is 1.91. The maximum atomic E-state index is 5.57. The van der Waals surface area contributed by atoms with E-state index in [-0.39, 0.29) is 0 Å². The quantitative estimate of drug-likeness (QED) is 0.559. The highest BCUT2D eigenvalue weighted by Crippen LogP contribution is 2.01. The van der Waals surface area contributed by atoms with Gasteiger partial charge in [-0.2, -0.15) is 0 Å². The monoisotopic (exact) mass is 213 g/mol. The van der Waals surface area contributed by atoms with Gasteiger partial charge in [-0.15, -0.1) is 11.6 Å². The van der Waals surface area contributed by atoms with Crippen LogP contribution in [0.3, 0.4) is 0 Å². The fourth-order valence-electron chi connectivity index (χ4n) is 1.16. The van der Waals surface area contributed by atoms with Crippen molar-refractivity contribution in [1.29, 1.82) is 0 Å². The van der Waals surface area contributed by atoms with E-state index in [0.717, 1.165) is 25.3 Å². The van der Waals surface area contributed by atoms with Gasteiger partial charge in [-0.25, -0.2) is 9.97 Å². The molecule has 1 aromatic rings. The standard InChI is InChI=1S/C10H16ClN3/c11-6-3-1-2-4-7-12-10-13-8-5-9-14-10/h5,8-9H,1-4,6-7H2,(H,12,13,14). The van der Waals surface area contributed by atoms with E-state index < -0.39 is 0 Å². The van der Waals surface area contributed by atoms with Crippen LogP contribution >= 0.6 is 11.6 Å². The SMILES string of the molecule is ClCCCCCCNc1ncccn1. The van der Waals surface area contributed by atoms with Crippen LogP contribution in [0.5, 0.6) is 0 Å². The number of hydrogen-bond acceptors (Lipinski definition) is 3. The van der Waals surface area contributed by atoms with Gasteiger partial charge in [0.2, 0.25) is 5.95 Å². The second-order valence-electron chi connectivity index (χ2n) is 3.10. The minimum Gasteiger partial charge on any atom is -0.354 e. The van der Waals surface area contributed by atoms with Gasteiger partial charge < -0.3 is 5.32 Å². The molecule has 0 aliphatic heterocycles. The molecule has 0 saturated heterocycles. The molecule has 1 rings (SSSR count). The summed E-state index contributed by atoms with van der Waals surface area (Å²) in [5, 5.41) is 3.17. The van der Waals surface area contributed by atoms with E-state index in [2.05, 4.69) is 15.3 Å². The Bertz CT molecular complexity index is 228. The summed E-state index contributed by atoms with van der Waals surface area (Å²) in [6.45, 7) is 0.937. The van der Waals surface area contributed by atoms with Gasteiger partial charge in [-0.3, -0.25) is 0 Å². The first-order valence-corrected chi connectivity index (χ1v) is 5.54. The van der Waals surface area contributed by atoms with E-state index in [1.165, 1.54) is 12.8 Å². The maximum Gasteiger partial charge on any atom is 0.222 e. The molecular formula is C10H16ClN3. The van der Waals surface area contributed by atoms with Gasteiger partial charge in [0.25, 0.3) is 0 Å². The van der Waals surface area contributed by atoms with Gasteiger partial charge in [0.15, 0.2) is 0 Å². The molecular weight excluding hydrogens is 198 g/mol. The highest BCUT2D eigenvalue weighted by Gasteiger charge is 1.92. The molecule has 0 spiro atoms. The fourth-order valence-corrected chi connectivity index (χ4v) is 1.35. The van der Waals surface area contributed by atoms with Gasteiger partial charge in [0.1, 0.15) is 0 Å². The summed E-state index contributed by atoms with van der Waals surface area (Å²) < 4.78 is 0. The summed E-state index contributed by atoms with van der Waals surface area (Å²) in [7, 11) is 0. The third-order valence-corrected chi connectivity index (χ3v) is 2.18. The Hall–Kier alpha value is -0.830. The summed E-state index contributed by atoms with van der Waals surface area (Å²) >= 11 is 5.57. The Kier molecular flexibility index (Phi) is 6.07. The Labute approximate surface area is 89.9 Å². The van der Waals surface area contributed by atoms with Gasteiger partial charge >= 0.3 is 0 Å². The fraction of sp³-hybridized carbons (Fsp3) is 0.600. The molecule has 1 aromatic heterocycles. The van der Waals surface area contributed by atoms with Gasteiger partial charge in [0, 0.05) is 24.8 Å². The van der Waals surface area contributed by atoms with E-state index >= 15 is 0 Å². The zero-order chi connectivity index (χ0) is 10.1. The van der Waals surface area contributed by atoms with Crippen molar-refractivity contribution in [2.75, 3.05) is 17.7 Å². The smallest absolute Gasteiger partial charge is 0.222 e. The Morgan fingerprint density at radius 3 is 2.50 bits per heavy atom. The summed E-state index contributed by atoms with van der Waals surface area (Å²) in [6, 6.07) is 1.81. The van der Waals surface area contributed by atoms with Crippen molar-refractivity contribution in [3.05, 3.63) is 18.5 Å². The van der Waals surface area contributed by atoms with Crippen LogP contribution in [0.25, 0.3) is 0 Å². The van der Waals surface area contributed by atoms with Crippen LogP contribution in [0.2, 0.25) is 0 Å². The van der Waals surface area contributed by atoms with Crippen molar-refractivity contribution in [1.82, 2.24) is 9.97 Å². The molecule has 14 heavy (non-hydrogen) atoms. The maximum absolute atomic E-state index is 5.57. The summed E-state index contributed by atoms with van der Waals surface area (Å²) in [5.74, 6) is 1.49. The zero-order valence-electron chi connectivity index (χ0n) is 8.25. The summed E-state index contributed by atoms with van der Waals surface area (Å²) in [5.41, 5.74) is 0. The molecule has 0 saturated carbocycles. The number of unbranched alkanes of at least 4 members (excludes halogenated alkanes) is 3. The highest BCUT2D eigenvalue weighted by molar-refractivity contribution is 6.17. The van der Waals surface area contributed by atoms with Crippen LogP contribution in [0.1, 0.15) is 25.7 Å². The number of nitrogens with one attached hydrogen (secondary N) is 1. The Morgan fingerprint density at radius 1 is 1.07 bits per heavy atom. The molecule has 78 valence electrons. The van der Waals surface area contributed by atoms with Crippen LogP contribution in [0.4, 0.5) is 5.95 Å². The van der Waals surface area contributed by atoms with Crippen LogP contribution in [0.15, 0.2) is 18.5 Å². The molecule has 0 fully saturated rings. The summed E-state index contributed by atoms with van der Waals surface area (Å²) in [6.07, 6.45) is 8.16. The van der Waals surface area contributed by atoms with Crippen LogP contribution in [-0.4, -0.2) is 22.4 Å². The predicted octanol–water partition coefficient (Wildman–Crippen LogP) is 2.69. The van der Waals surface area contributed by atoms with Gasteiger partial charge in [-0.05, 0) is 18.9 Å². The van der Waals surface area contributed by atoms with Crippen molar-refractivity contribution in [3.8, 4) is 0 Å². The Morgan fingerprint density at radius 2 is 1.79 bits per heavy atom. The molecule has 3 nitrogen and oxygen atoms in total. The minimum atomic E-state index is 0.713. The van der Waals surface area contributed by atoms with E-state index in [0.29, 0.717) is 5.95 Å². The molecule has 0 bridgehead atoms. The highest BCUT2D eigenvalue weighted by atomic mass is 35.5. The second kappa shape index (κ2) is 7.56. The van der Waals surface area contributed by atoms with Gasteiger partial charge in [0.05, 0.1) is 0 Å². The molecule has 4 heteroatoms. The second-order valence-corrected chi connectivity index (χ2v) is 3.48. The number of aromatic nitrogens is 2. The Balaban J connectivity index is 1.99. The lowest BCUT2D eigenvalue weighted by atomic mass is 10.2. The first kappa shape index (κ1) is 11.2.